The lowest BCUT2D eigenvalue weighted by molar-refractivity contribution is -0.144. The number of rotatable bonds is 5. The molecule has 1 atom stereocenters. The minimum Gasteiger partial charge on any atom is -0.466 e. The molecule has 0 aliphatic heterocycles. The van der Waals surface area contributed by atoms with Crippen LogP contribution in [0.2, 0.25) is 0 Å². The number of hydrogen-bond donors (Lipinski definition) is 1. The van der Waals surface area contributed by atoms with E-state index in [1.807, 2.05) is 36.4 Å². The maximum Gasteiger partial charge on any atom is 0.308 e. The Kier molecular flexibility index (Phi) is 5.43. The summed E-state index contributed by atoms with van der Waals surface area (Å²) in [4.78, 5) is 11.2. The Bertz CT molecular complexity index is 382. The molecule has 0 fully saturated rings. The molecular formula is C14H18O3. The van der Waals surface area contributed by atoms with E-state index in [1.54, 1.807) is 13.8 Å². The van der Waals surface area contributed by atoms with Gasteiger partial charge in [0.1, 0.15) is 0 Å². The molecule has 0 spiro atoms. The Morgan fingerprint density at radius 2 is 2.06 bits per heavy atom. The van der Waals surface area contributed by atoms with E-state index >= 15 is 0 Å². The van der Waals surface area contributed by atoms with Crippen molar-refractivity contribution in [3.05, 3.63) is 41.5 Å². The van der Waals surface area contributed by atoms with Gasteiger partial charge in [0.25, 0.3) is 0 Å². The molecular weight excluding hydrogens is 216 g/mol. The molecule has 1 aromatic carbocycles. The first-order valence-electron chi connectivity index (χ1n) is 5.70. The molecule has 0 unspecified atom stereocenters. The molecule has 3 heteroatoms. The van der Waals surface area contributed by atoms with Crippen molar-refractivity contribution in [1.82, 2.24) is 0 Å². The van der Waals surface area contributed by atoms with Crippen LogP contribution in [0.15, 0.2) is 35.9 Å². The van der Waals surface area contributed by atoms with Crippen LogP contribution in [0.3, 0.4) is 0 Å². The van der Waals surface area contributed by atoms with E-state index < -0.39 is 6.10 Å². The lowest BCUT2D eigenvalue weighted by atomic mass is 10.1. The molecule has 0 bridgehead atoms. The first-order chi connectivity index (χ1) is 8.13. The van der Waals surface area contributed by atoms with Gasteiger partial charge in [0.2, 0.25) is 0 Å². The number of carbonyl (C=O) groups is 1. The third kappa shape index (κ3) is 4.83. The fourth-order valence-corrected chi connectivity index (χ4v) is 1.45. The second-order valence-corrected chi connectivity index (χ2v) is 3.82. The van der Waals surface area contributed by atoms with Gasteiger partial charge in [0.15, 0.2) is 0 Å². The SMILES string of the molecule is CCOC(=O)C[C@H](O)/C(C)=C/c1ccccc1. The van der Waals surface area contributed by atoms with Crippen molar-refractivity contribution in [2.75, 3.05) is 6.61 Å². The van der Waals surface area contributed by atoms with Gasteiger partial charge in [-0.25, -0.2) is 0 Å². The number of carbonyl (C=O) groups excluding carboxylic acids is 1. The second kappa shape index (κ2) is 6.86. The number of benzene rings is 1. The average Bonchev–Trinajstić information content (AvgIpc) is 2.30. The number of aliphatic hydroxyl groups is 1. The molecule has 0 saturated heterocycles. The standard InChI is InChI=1S/C14H18O3/c1-3-17-14(16)10-13(15)11(2)9-12-7-5-4-6-8-12/h4-9,13,15H,3,10H2,1-2H3/b11-9+/t13-/m0/s1. The van der Waals surface area contributed by atoms with Crippen LogP contribution in [-0.4, -0.2) is 23.8 Å². The van der Waals surface area contributed by atoms with Crippen molar-refractivity contribution in [2.45, 2.75) is 26.4 Å². The second-order valence-electron chi connectivity index (χ2n) is 3.82. The quantitative estimate of drug-likeness (QED) is 0.796. The summed E-state index contributed by atoms with van der Waals surface area (Å²) in [6, 6.07) is 9.68. The van der Waals surface area contributed by atoms with E-state index in [0.29, 0.717) is 6.61 Å². The predicted octanol–water partition coefficient (Wildman–Crippen LogP) is 2.40. The highest BCUT2D eigenvalue weighted by molar-refractivity contribution is 5.71. The molecule has 0 aromatic heterocycles. The molecule has 0 aliphatic rings. The fraction of sp³-hybridized carbons (Fsp3) is 0.357. The zero-order chi connectivity index (χ0) is 12.7. The summed E-state index contributed by atoms with van der Waals surface area (Å²) in [5, 5.41) is 9.81. The van der Waals surface area contributed by atoms with Crippen molar-refractivity contribution in [1.29, 1.82) is 0 Å². The van der Waals surface area contributed by atoms with Gasteiger partial charge in [-0.15, -0.1) is 0 Å². The van der Waals surface area contributed by atoms with E-state index in [9.17, 15) is 9.90 Å². The lowest BCUT2D eigenvalue weighted by Crippen LogP contribution is -2.16. The zero-order valence-electron chi connectivity index (χ0n) is 10.2. The summed E-state index contributed by atoms with van der Waals surface area (Å²) < 4.78 is 4.79. The van der Waals surface area contributed by atoms with Crippen LogP contribution in [-0.2, 0) is 9.53 Å². The van der Waals surface area contributed by atoms with Crippen LogP contribution in [0, 0.1) is 0 Å². The first kappa shape index (κ1) is 13.5. The Hall–Kier alpha value is -1.61. The zero-order valence-corrected chi connectivity index (χ0v) is 10.2. The number of ether oxygens (including phenoxy) is 1. The van der Waals surface area contributed by atoms with Gasteiger partial charge in [0.05, 0.1) is 19.1 Å². The van der Waals surface area contributed by atoms with Crippen LogP contribution >= 0.6 is 0 Å². The third-order valence-corrected chi connectivity index (χ3v) is 2.38. The van der Waals surface area contributed by atoms with Gasteiger partial charge in [0, 0.05) is 0 Å². The highest BCUT2D eigenvalue weighted by Crippen LogP contribution is 2.12. The average molecular weight is 234 g/mol. The summed E-state index contributed by atoms with van der Waals surface area (Å²) in [7, 11) is 0. The minimum absolute atomic E-state index is 0.00298. The van der Waals surface area contributed by atoms with E-state index in [4.69, 9.17) is 4.74 Å². The van der Waals surface area contributed by atoms with E-state index in [-0.39, 0.29) is 12.4 Å². The smallest absolute Gasteiger partial charge is 0.308 e. The molecule has 17 heavy (non-hydrogen) atoms. The largest absolute Gasteiger partial charge is 0.466 e. The Morgan fingerprint density at radius 1 is 1.41 bits per heavy atom. The number of hydrogen-bond acceptors (Lipinski definition) is 3. The first-order valence-corrected chi connectivity index (χ1v) is 5.70. The molecule has 1 aromatic rings. The summed E-state index contributed by atoms with van der Waals surface area (Å²) in [6.45, 7) is 3.89. The van der Waals surface area contributed by atoms with Gasteiger partial charge in [-0.2, -0.15) is 0 Å². The van der Waals surface area contributed by atoms with Gasteiger partial charge in [-0.05, 0) is 25.0 Å². The molecule has 0 saturated carbocycles. The van der Waals surface area contributed by atoms with Crippen LogP contribution in [0.25, 0.3) is 6.08 Å². The van der Waals surface area contributed by atoms with Crippen LogP contribution in [0.1, 0.15) is 25.8 Å². The summed E-state index contributed by atoms with van der Waals surface area (Å²) in [5.41, 5.74) is 1.76. The summed E-state index contributed by atoms with van der Waals surface area (Å²) in [5.74, 6) is -0.374. The Morgan fingerprint density at radius 3 is 2.65 bits per heavy atom. The van der Waals surface area contributed by atoms with E-state index in [1.165, 1.54) is 0 Å². The molecule has 92 valence electrons. The summed E-state index contributed by atoms with van der Waals surface area (Å²) in [6.07, 6.45) is 1.08. The molecule has 3 nitrogen and oxygen atoms in total. The normalized spacial score (nSPS) is 13.2. The maximum atomic E-state index is 11.2. The molecule has 0 radical (unpaired) electrons. The van der Waals surface area contributed by atoms with E-state index in [2.05, 4.69) is 0 Å². The highest BCUT2D eigenvalue weighted by Gasteiger charge is 2.12. The topological polar surface area (TPSA) is 46.5 Å². The molecule has 1 rings (SSSR count). The Balaban J connectivity index is 2.60. The molecule has 0 amide bonds. The summed E-state index contributed by atoms with van der Waals surface area (Å²) >= 11 is 0. The number of aliphatic hydroxyl groups excluding tert-OH is 1. The minimum atomic E-state index is -0.783. The third-order valence-electron chi connectivity index (χ3n) is 2.38. The van der Waals surface area contributed by atoms with Crippen LogP contribution < -0.4 is 0 Å². The van der Waals surface area contributed by atoms with Crippen molar-refractivity contribution in [3.63, 3.8) is 0 Å². The number of esters is 1. The molecule has 0 heterocycles. The molecule has 1 N–H and O–H groups in total. The van der Waals surface area contributed by atoms with Gasteiger partial charge < -0.3 is 9.84 Å². The van der Waals surface area contributed by atoms with E-state index in [0.717, 1.165) is 11.1 Å². The molecule has 0 aliphatic carbocycles. The Labute approximate surface area is 102 Å². The van der Waals surface area contributed by atoms with Crippen molar-refractivity contribution in [2.24, 2.45) is 0 Å². The lowest BCUT2D eigenvalue weighted by Gasteiger charge is -2.10. The fourth-order valence-electron chi connectivity index (χ4n) is 1.45. The van der Waals surface area contributed by atoms with Crippen LogP contribution in [0.5, 0.6) is 0 Å². The maximum absolute atomic E-state index is 11.2. The van der Waals surface area contributed by atoms with Crippen molar-refractivity contribution in [3.8, 4) is 0 Å². The van der Waals surface area contributed by atoms with Crippen molar-refractivity contribution < 1.29 is 14.6 Å². The van der Waals surface area contributed by atoms with Crippen LogP contribution in [0.4, 0.5) is 0 Å². The van der Waals surface area contributed by atoms with Crippen molar-refractivity contribution >= 4 is 12.0 Å². The monoisotopic (exact) mass is 234 g/mol. The van der Waals surface area contributed by atoms with Gasteiger partial charge in [-0.3, -0.25) is 4.79 Å². The van der Waals surface area contributed by atoms with Gasteiger partial charge in [-0.1, -0.05) is 36.4 Å². The highest BCUT2D eigenvalue weighted by atomic mass is 16.5. The van der Waals surface area contributed by atoms with Gasteiger partial charge >= 0.3 is 5.97 Å². The predicted molar refractivity (Wildman–Crippen MR) is 67.3 cm³/mol.